The fourth-order valence-electron chi connectivity index (χ4n) is 2.28. The van der Waals surface area contributed by atoms with Crippen LogP contribution in [0.15, 0.2) is 30.5 Å². The molecule has 0 saturated carbocycles. The minimum atomic E-state index is -1.01. The number of nitrogens with zero attached hydrogens (tertiary/aromatic N) is 1. The number of thiophene rings is 1. The van der Waals surface area contributed by atoms with Gasteiger partial charge in [-0.1, -0.05) is 17.7 Å². The molecule has 1 aliphatic rings. The highest BCUT2D eigenvalue weighted by molar-refractivity contribution is 7.17. The third-order valence-electron chi connectivity index (χ3n) is 3.06. The van der Waals surface area contributed by atoms with Crippen LogP contribution in [0.1, 0.15) is 10.4 Å². The lowest BCUT2D eigenvalue weighted by molar-refractivity contribution is -0.131. The molecule has 2 heterocycles. The van der Waals surface area contributed by atoms with Crippen molar-refractivity contribution >= 4 is 46.3 Å². The molecule has 1 N–H and O–H groups in total. The molecule has 0 aromatic carbocycles. The maximum atomic E-state index is 11.1. The first-order valence-corrected chi connectivity index (χ1v) is 7.25. The van der Waals surface area contributed by atoms with Crippen molar-refractivity contribution < 1.29 is 14.6 Å². The molecule has 1 aliphatic carbocycles. The Morgan fingerprint density at radius 1 is 1.52 bits per heavy atom. The Morgan fingerprint density at radius 3 is 3.05 bits per heavy atom. The number of hydrogen-bond acceptors (Lipinski definition) is 4. The van der Waals surface area contributed by atoms with Crippen LogP contribution in [0.3, 0.4) is 0 Å². The van der Waals surface area contributed by atoms with E-state index in [1.807, 2.05) is 6.07 Å². The smallest absolute Gasteiger partial charge is 0.328 e. The average molecular weight is 320 g/mol. The van der Waals surface area contributed by atoms with Crippen molar-refractivity contribution in [3.63, 3.8) is 0 Å². The predicted molar refractivity (Wildman–Crippen MR) is 82.4 cm³/mol. The summed E-state index contributed by atoms with van der Waals surface area (Å²) in [6, 6.07) is 5.44. The molecule has 0 saturated heterocycles. The van der Waals surface area contributed by atoms with Crippen LogP contribution in [0.25, 0.3) is 17.4 Å². The molecule has 0 atom stereocenters. The lowest BCUT2D eigenvalue weighted by atomic mass is 10.1. The topological polar surface area (TPSA) is 59.4 Å². The van der Waals surface area contributed by atoms with Gasteiger partial charge in [-0.2, -0.15) is 0 Å². The molecule has 0 radical (unpaired) electrons. The van der Waals surface area contributed by atoms with Crippen molar-refractivity contribution in [2.24, 2.45) is 0 Å². The largest absolute Gasteiger partial charge is 0.494 e. The van der Waals surface area contributed by atoms with Crippen molar-refractivity contribution in [3.05, 3.63) is 55.8 Å². The van der Waals surface area contributed by atoms with Crippen molar-refractivity contribution in [3.8, 4) is 0 Å². The van der Waals surface area contributed by atoms with Gasteiger partial charge >= 0.3 is 5.97 Å². The van der Waals surface area contributed by atoms with Crippen LogP contribution in [0.5, 0.6) is 0 Å². The Labute approximate surface area is 129 Å². The van der Waals surface area contributed by atoms with E-state index < -0.39 is 5.97 Å². The van der Waals surface area contributed by atoms with Gasteiger partial charge < -0.3 is 9.84 Å². The van der Waals surface area contributed by atoms with Gasteiger partial charge in [0.15, 0.2) is 5.76 Å². The molecule has 106 valence electrons. The Kier molecular flexibility index (Phi) is 3.53. The number of fused-ring (bicyclic) bond motifs is 2. The minimum absolute atomic E-state index is 0.568. The standard InChI is InChI=1S/C15H10ClNO3S/c1-20-14-10-7-11(16)21-15(10)9(6-12(18)19)5-8-3-2-4-17-13(8)14/h2-7H,1H3,(H,18,19). The summed E-state index contributed by atoms with van der Waals surface area (Å²) in [5.41, 5.74) is 1.34. The third kappa shape index (κ3) is 2.46. The fourth-order valence-corrected chi connectivity index (χ4v) is 3.49. The second-order valence-electron chi connectivity index (χ2n) is 4.35. The number of rotatable bonds is 2. The summed E-state index contributed by atoms with van der Waals surface area (Å²) in [6.07, 6.45) is 4.63. The Balaban J connectivity index is 2.47. The molecule has 0 spiro atoms. The number of carboxylic acids is 1. The van der Waals surface area contributed by atoms with Gasteiger partial charge in [-0.3, -0.25) is 4.98 Å². The van der Waals surface area contributed by atoms with Crippen LogP contribution in [-0.2, 0) is 9.53 Å². The molecule has 0 bridgehead atoms. The number of aliphatic carboxylic acids is 1. The van der Waals surface area contributed by atoms with Crippen molar-refractivity contribution in [2.45, 2.75) is 0 Å². The first-order valence-electron chi connectivity index (χ1n) is 6.06. The normalized spacial score (nSPS) is 15.0. The zero-order chi connectivity index (χ0) is 15.0. The highest BCUT2D eigenvalue weighted by Gasteiger charge is 2.20. The van der Waals surface area contributed by atoms with E-state index in [1.54, 1.807) is 31.5 Å². The van der Waals surface area contributed by atoms with Gasteiger partial charge in [-0.25, -0.2) is 4.79 Å². The molecule has 6 heteroatoms. The monoisotopic (exact) mass is 319 g/mol. The Bertz CT molecular complexity index is 883. The molecule has 4 nitrogen and oxygen atoms in total. The summed E-state index contributed by atoms with van der Waals surface area (Å²) < 4.78 is 6.07. The average Bonchev–Trinajstić information content (AvgIpc) is 2.77. The zero-order valence-corrected chi connectivity index (χ0v) is 12.5. The summed E-state index contributed by atoms with van der Waals surface area (Å²) in [4.78, 5) is 16.2. The number of carbonyl (C=O) groups is 1. The number of aromatic nitrogens is 1. The first-order chi connectivity index (χ1) is 10.1. The molecule has 0 amide bonds. The number of carboxylic acid groups (broad SMARTS) is 1. The maximum Gasteiger partial charge on any atom is 0.328 e. The molecule has 2 aromatic rings. The molecule has 0 fully saturated rings. The van der Waals surface area contributed by atoms with Crippen LogP contribution in [0, 0.1) is 0 Å². The summed E-state index contributed by atoms with van der Waals surface area (Å²) in [5, 5.41) is 10.6. The van der Waals surface area contributed by atoms with Gasteiger partial charge in [0.05, 0.1) is 11.4 Å². The summed E-state index contributed by atoms with van der Waals surface area (Å²) >= 11 is 7.41. The van der Waals surface area contributed by atoms with E-state index >= 15 is 0 Å². The van der Waals surface area contributed by atoms with E-state index in [2.05, 4.69) is 4.98 Å². The number of allylic oxidation sites excluding steroid dienone is 1. The predicted octanol–water partition coefficient (Wildman–Crippen LogP) is 1.86. The zero-order valence-electron chi connectivity index (χ0n) is 11.0. The van der Waals surface area contributed by atoms with Crippen LogP contribution in [-0.4, -0.2) is 23.2 Å². The second-order valence-corrected chi connectivity index (χ2v) is 6.03. The van der Waals surface area contributed by atoms with Crippen LogP contribution in [0.4, 0.5) is 0 Å². The van der Waals surface area contributed by atoms with E-state index in [4.69, 9.17) is 21.4 Å². The number of hydrogen-bond donors (Lipinski definition) is 1. The molecular weight excluding hydrogens is 310 g/mol. The van der Waals surface area contributed by atoms with Crippen molar-refractivity contribution in [1.82, 2.24) is 4.98 Å². The second kappa shape index (κ2) is 5.35. The Morgan fingerprint density at radius 2 is 2.33 bits per heavy atom. The van der Waals surface area contributed by atoms with Crippen LogP contribution >= 0.6 is 22.9 Å². The number of ether oxygens (including phenoxy) is 1. The minimum Gasteiger partial charge on any atom is -0.494 e. The van der Waals surface area contributed by atoms with Crippen LogP contribution < -0.4 is 10.6 Å². The molecule has 2 aromatic heterocycles. The van der Waals surface area contributed by atoms with E-state index in [9.17, 15) is 4.79 Å². The quantitative estimate of drug-likeness (QED) is 0.858. The summed E-state index contributed by atoms with van der Waals surface area (Å²) in [5.74, 6) is -0.420. The molecule has 0 aliphatic heterocycles. The van der Waals surface area contributed by atoms with E-state index in [1.165, 1.54) is 17.4 Å². The number of methoxy groups -OCH3 is 1. The van der Waals surface area contributed by atoms with Gasteiger partial charge in [-0.05, 0) is 18.2 Å². The molecule has 0 unspecified atom stereocenters. The maximum absolute atomic E-state index is 11.1. The third-order valence-corrected chi connectivity index (χ3v) is 4.37. The molecular formula is C15H10ClNO3S. The van der Waals surface area contributed by atoms with Gasteiger partial charge in [0.2, 0.25) is 0 Å². The Hall–Kier alpha value is -2.11. The summed E-state index contributed by atoms with van der Waals surface area (Å²) in [7, 11) is 1.56. The highest BCUT2D eigenvalue weighted by atomic mass is 35.5. The molecule has 3 rings (SSSR count). The summed E-state index contributed by atoms with van der Waals surface area (Å²) in [6.45, 7) is 0. The fraction of sp³-hybridized carbons (Fsp3) is 0.0667. The first kappa shape index (κ1) is 13.9. The van der Waals surface area contributed by atoms with Gasteiger partial charge in [0.25, 0.3) is 0 Å². The van der Waals surface area contributed by atoms with Gasteiger partial charge in [-0.15, -0.1) is 11.3 Å². The SMILES string of the molecule is COC1=c2ncccc2=CC(=CC(=O)O)c2sc(Cl)cc21. The van der Waals surface area contributed by atoms with Crippen LogP contribution in [0.2, 0.25) is 4.34 Å². The van der Waals surface area contributed by atoms with E-state index in [-0.39, 0.29) is 0 Å². The lowest BCUT2D eigenvalue weighted by Crippen LogP contribution is -2.30. The van der Waals surface area contributed by atoms with Crippen molar-refractivity contribution in [2.75, 3.05) is 7.11 Å². The van der Waals surface area contributed by atoms with Gasteiger partial charge in [0, 0.05) is 33.5 Å². The van der Waals surface area contributed by atoms with Crippen molar-refractivity contribution in [1.29, 1.82) is 0 Å². The van der Waals surface area contributed by atoms with Gasteiger partial charge in [0.1, 0.15) is 5.35 Å². The highest BCUT2D eigenvalue weighted by Crippen LogP contribution is 2.37. The number of halogens is 1. The number of pyridine rings is 1. The lowest BCUT2D eigenvalue weighted by Gasteiger charge is -2.05. The van der Waals surface area contributed by atoms with E-state index in [0.717, 1.165) is 15.7 Å². The molecule has 21 heavy (non-hydrogen) atoms. The van der Waals surface area contributed by atoms with E-state index in [0.29, 0.717) is 21.0 Å².